The minimum Gasteiger partial charge on any atom is -0.420 e. The number of fused-ring (bicyclic) bond motifs is 1. The number of esters is 1. The predicted molar refractivity (Wildman–Crippen MR) is 143 cm³/mol. The number of morpholine rings is 1. The summed E-state index contributed by atoms with van der Waals surface area (Å²) in [7, 11) is 1.77. The van der Waals surface area contributed by atoms with E-state index in [4.69, 9.17) is 9.47 Å². The minimum absolute atomic E-state index is 0.212. The number of rotatable bonds is 6. The van der Waals surface area contributed by atoms with Crippen LogP contribution in [-0.4, -0.2) is 59.4 Å². The molecule has 0 unspecified atom stereocenters. The summed E-state index contributed by atoms with van der Waals surface area (Å²) in [5.74, 6) is -0.297. The molecule has 3 heterocycles. The van der Waals surface area contributed by atoms with Gasteiger partial charge < -0.3 is 19.1 Å². The Hall–Kier alpha value is -3.66. The average molecular weight is 517 g/mol. The molecule has 0 atom stereocenters. The van der Waals surface area contributed by atoms with Crippen LogP contribution in [0.15, 0.2) is 77.3 Å². The van der Waals surface area contributed by atoms with E-state index in [2.05, 4.69) is 15.2 Å². The maximum Gasteiger partial charge on any atom is 0.343 e. The summed E-state index contributed by atoms with van der Waals surface area (Å²) in [5, 5.41) is 2.84. The van der Waals surface area contributed by atoms with Gasteiger partial charge in [0.05, 0.1) is 18.8 Å². The zero-order valence-electron chi connectivity index (χ0n) is 20.8. The zero-order chi connectivity index (χ0) is 25.8. The van der Waals surface area contributed by atoms with Gasteiger partial charge in [0.2, 0.25) is 0 Å². The number of amides is 1. The number of carbonyl (C=O) groups is 2. The Morgan fingerprint density at radius 2 is 1.78 bits per heavy atom. The Balaban J connectivity index is 1.40. The van der Waals surface area contributed by atoms with E-state index < -0.39 is 11.9 Å². The summed E-state index contributed by atoms with van der Waals surface area (Å²) >= 11 is 1.40. The van der Waals surface area contributed by atoms with Crippen molar-refractivity contribution in [2.45, 2.75) is 18.4 Å². The highest BCUT2D eigenvalue weighted by Gasteiger charge is 2.32. The van der Waals surface area contributed by atoms with Gasteiger partial charge in [-0.2, -0.15) is 0 Å². The summed E-state index contributed by atoms with van der Waals surface area (Å²) in [6, 6.07) is 20.4. The lowest BCUT2D eigenvalue weighted by Gasteiger charge is -2.29. The molecule has 1 N–H and O–H groups in total. The first-order valence-electron chi connectivity index (χ1n) is 12.1. The van der Waals surface area contributed by atoms with Gasteiger partial charge in [0.15, 0.2) is 11.5 Å². The Morgan fingerprint density at radius 1 is 1.03 bits per heavy atom. The molecule has 37 heavy (non-hydrogen) atoms. The molecular weight excluding hydrogens is 488 g/mol. The molecular formula is C28H28N4O4S. The number of nitrogens with zero attached hydrogens (tertiary/aromatic N) is 3. The van der Waals surface area contributed by atoms with E-state index in [1.165, 1.54) is 11.9 Å². The van der Waals surface area contributed by atoms with E-state index in [1.807, 2.05) is 55.5 Å². The number of aromatic nitrogens is 1. The van der Waals surface area contributed by atoms with Crippen LogP contribution in [0, 0.1) is 6.92 Å². The van der Waals surface area contributed by atoms with Gasteiger partial charge in [-0.3, -0.25) is 9.69 Å². The predicted octanol–water partition coefficient (Wildman–Crippen LogP) is 4.34. The summed E-state index contributed by atoms with van der Waals surface area (Å²) in [5.41, 5.74) is 3.24. The second-order valence-electron chi connectivity index (χ2n) is 8.86. The Labute approximate surface area is 220 Å². The molecule has 1 fully saturated rings. The number of likely N-dealkylation sites (N-methyl/N-ethyl adjacent to an activating group) is 1. The molecule has 0 bridgehead atoms. The van der Waals surface area contributed by atoms with Gasteiger partial charge in [-0.05, 0) is 60.8 Å². The van der Waals surface area contributed by atoms with Crippen LogP contribution in [-0.2, 0) is 20.8 Å². The van der Waals surface area contributed by atoms with Gasteiger partial charge >= 0.3 is 5.97 Å². The summed E-state index contributed by atoms with van der Waals surface area (Å²) in [6.07, 6.45) is 0. The number of anilines is 1. The number of carbonyl (C=O) groups excluding carboxylic acids is 2. The number of hydrogen-bond donors (Lipinski definition) is 1. The van der Waals surface area contributed by atoms with E-state index in [-0.39, 0.29) is 11.5 Å². The standard InChI is InChI=1S/C28H28N4O4S/c1-19-6-5-9-24(29-19)30-27(33)25-26(22-7-3-4-8-23(22)37-31(25)2)36-28(34)21-12-10-20(11-13-21)18-32-14-16-35-17-15-32/h3-13H,14-18H2,1-2H3,(H,29,30,33). The van der Waals surface area contributed by atoms with Gasteiger partial charge in [-0.25, -0.2) is 9.78 Å². The quantitative estimate of drug-likeness (QED) is 0.383. The van der Waals surface area contributed by atoms with E-state index in [1.54, 1.807) is 29.6 Å². The van der Waals surface area contributed by atoms with Gasteiger partial charge in [0, 0.05) is 42.8 Å². The fraction of sp³-hybridized carbons (Fsp3) is 0.250. The molecule has 5 rings (SSSR count). The van der Waals surface area contributed by atoms with Crippen molar-refractivity contribution >= 4 is 35.4 Å². The summed E-state index contributed by atoms with van der Waals surface area (Å²) in [6.45, 7) is 5.93. The van der Waals surface area contributed by atoms with Crippen molar-refractivity contribution in [1.82, 2.24) is 14.2 Å². The highest BCUT2D eigenvalue weighted by Crippen LogP contribution is 2.41. The van der Waals surface area contributed by atoms with Crippen LogP contribution >= 0.6 is 11.9 Å². The van der Waals surface area contributed by atoms with Crippen molar-refractivity contribution in [2.75, 3.05) is 38.7 Å². The third kappa shape index (κ3) is 5.85. The Kier molecular flexibility index (Phi) is 7.55. The summed E-state index contributed by atoms with van der Waals surface area (Å²) in [4.78, 5) is 34.2. The Bertz CT molecular complexity index is 1340. The second-order valence-corrected chi connectivity index (χ2v) is 10.0. The molecule has 1 amide bonds. The van der Waals surface area contributed by atoms with Crippen molar-refractivity contribution in [3.8, 4) is 0 Å². The first kappa shape index (κ1) is 25.0. The van der Waals surface area contributed by atoms with Crippen LogP contribution < -0.4 is 5.32 Å². The lowest BCUT2D eigenvalue weighted by atomic mass is 10.1. The molecule has 0 spiro atoms. The molecule has 0 radical (unpaired) electrons. The third-order valence-electron chi connectivity index (χ3n) is 6.14. The molecule has 3 aromatic rings. The molecule has 8 nitrogen and oxygen atoms in total. The van der Waals surface area contributed by atoms with Crippen LogP contribution in [0.1, 0.15) is 27.2 Å². The number of ether oxygens (including phenoxy) is 2. The fourth-order valence-corrected chi connectivity index (χ4v) is 5.20. The first-order chi connectivity index (χ1) is 18.0. The summed E-state index contributed by atoms with van der Waals surface area (Å²) < 4.78 is 13.1. The van der Waals surface area contributed by atoms with Gasteiger partial charge in [0.25, 0.3) is 5.91 Å². The molecule has 2 aromatic carbocycles. The van der Waals surface area contributed by atoms with Crippen molar-refractivity contribution in [3.63, 3.8) is 0 Å². The van der Waals surface area contributed by atoms with Gasteiger partial charge in [-0.1, -0.05) is 30.3 Å². The average Bonchev–Trinajstić information content (AvgIpc) is 2.89. The smallest absolute Gasteiger partial charge is 0.343 e. The molecule has 2 aliphatic heterocycles. The minimum atomic E-state index is -0.526. The van der Waals surface area contributed by atoms with Gasteiger partial charge in [-0.15, -0.1) is 0 Å². The molecule has 1 saturated heterocycles. The number of nitrogens with one attached hydrogen (secondary N) is 1. The van der Waals surface area contributed by atoms with E-state index >= 15 is 0 Å². The van der Waals surface area contributed by atoms with Crippen molar-refractivity contribution in [2.24, 2.45) is 0 Å². The fourth-order valence-electron chi connectivity index (χ4n) is 4.25. The normalized spacial score (nSPS) is 15.8. The zero-order valence-corrected chi connectivity index (χ0v) is 21.6. The molecule has 0 aliphatic carbocycles. The molecule has 1 aromatic heterocycles. The number of pyridine rings is 1. The number of aryl methyl sites for hydroxylation is 1. The van der Waals surface area contributed by atoms with Crippen LogP contribution in [0.3, 0.4) is 0 Å². The number of benzene rings is 2. The molecule has 0 saturated carbocycles. The lowest BCUT2D eigenvalue weighted by Crippen LogP contribution is -2.35. The van der Waals surface area contributed by atoms with E-state index in [0.717, 1.165) is 49.0 Å². The lowest BCUT2D eigenvalue weighted by molar-refractivity contribution is -0.113. The monoisotopic (exact) mass is 516 g/mol. The second kappa shape index (κ2) is 11.2. The molecule has 190 valence electrons. The maximum absolute atomic E-state index is 13.4. The Morgan fingerprint density at radius 3 is 2.54 bits per heavy atom. The maximum atomic E-state index is 13.4. The topological polar surface area (TPSA) is 84.0 Å². The van der Waals surface area contributed by atoms with Crippen molar-refractivity contribution in [3.05, 3.63) is 94.8 Å². The van der Waals surface area contributed by atoms with Crippen LogP contribution in [0.5, 0.6) is 0 Å². The largest absolute Gasteiger partial charge is 0.420 e. The molecule has 2 aliphatic rings. The third-order valence-corrected chi connectivity index (χ3v) is 7.15. The highest BCUT2D eigenvalue weighted by molar-refractivity contribution is 7.97. The van der Waals surface area contributed by atoms with E-state index in [9.17, 15) is 9.59 Å². The van der Waals surface area contributed by atoms with Crippen LogP contribution in [0.4, 0.5) is 5.82 Å². The highest BCUT2D eigenvalue weighted by atomic mass is 32.2. The van der Waals surface area contributed by atoms with Crippen molar-refractivity contribution < 1.29 is 19.1 Å². The first-order valence-corrected chi connectivity index (χ1v) is 12.9. The number of hydrogen-bond acceptors (Lipinski definition) is 8. The molecule has 9 heteroatoms. The van der Waals surface area contributed by atoms with E-state index in [0.29, 0.717) is 16.9 Å². The SMILES string of the molecule is Cc1cccc(NC(=O)C2=C(OC(=O)c3ccc(CN4CCOCC4)cc3)c3ccccc3SN2C)n1. The van der Waals surface area contributed by atoms with Crippen LogP contribution in [0.25, 0.3) is 5.76 Å². The van der Waals surface area contributed by atoms with Crippen molar-refractivity contribution in [1.29, 1.82) is 0 Å². The van der Waals surface area contributed by atoms with Gasteiger partial charge in [0.1, 0.15) is 5.82 Å². The van der Waals surface area contributed by atoms with Crippen LogP contribution in [0.2, 0.25) is 0 Å².